The maximum Gasteiger partial charge on any atom is 0.390 e. The molecule has 0 spiro atoms. The predicted molar refractivity (Wildman–Crippen MR) is 69.0 cm³/mol. The minimum atomic E-state index is -4.29. The maximum absolute atomic E-state index is 12.2. The molecule has 0 heterocycles. The first-order valence-electron chi connectivity index (χ1n) is 5.50. The summed E-state index contributed by atoms with van der Waals surface area (Å²) in [7, 11) is 1.47. The van der Waals surface area contributed by atoms with Gasteiger partial charge in [-0.25, -0.2) is 0 Å². The lowest BCUT2D eigenvalue weighted by Gasteiger charge is -2.17. The first kappa shape index (κ1) is 17.9. The van der Waals surface area contributed by atoms with E-state index in [1.165, 1.54) is 19.2 Å². The van der Waals surface area contributed by atoms with Gasteiger partial charge in [-0.3, -0.25) is 0 Å². The Morgan fingerprint density at radius 1 is 1.26 bits per heavy atom. The molecule has 1 aromatic rings. The third-order valence-corrected chi connectivity index (χ3v) is 2.37. The zero-order chi connectivity index (χ0) is 13.8. The molecule has 110 valence electrons. The van der Waals surface area contributed by atoms with Crippen LogP contribution in [0, 0.1) is 0 Å². The number of alkyl halides is 3. The summed E-state index contributed by atoms with van der Waals surface area (Å²) in [4.78, 5) is 0. The van der Waals surface area contributed by atoms with E-state index in [1.54, 1.807) is 13.0 Å². The SMILES string of the molecule is CCOc1cc([C@@H](N)CC(F)(F)F)ccc1OC.Cl. The number of halogens is 4. The summed E-state index contributed by atoms with van der Waals surface area (Å²) in [6.45, 7) is 2.18. The minimum Gasteiger partial charge on any atom is -0.493 e. The molecule has 0 fully saturated rings. The molecule has 0 amide bonds. The van der Waals surface area contributed by atoms with Gasteiger partial charge in [0.25, 0.3) is 0 Å². The highest BCUT2D eigenvalue weighted by Gasteiger charge is 2.31. The van der Waals surface area contributed by atoms with E-state index in [-0.39, 0.29) is 12.4 Å². The lowest BCUT2D eigenvalue weighted by atomic mass is 10.0. The third kappa shape index (κ3) is 5.57. The van der Waals surface area contributed by atoms with Gasteiger partial charge >= 0.3 is 6.18 Å². The Balaban J connectivity index is 0.00000324. The van der Waals surface area contributed by atoms with Crippen molar-refractivity contribution in [2.45, 2.75) is 25.6 Å². The van der Waals surface area contributed by atoms with Gasteiger partial charge in [-0.2, -0.15) is 13.2 Å². The van der Waals surface area contributed by atoms with Crippen LogP contribution in [0.25, 0.3) is 0 Å². The highest BCUT2D eigenvalue weighted by atomic mass is 35.5. The van der Waals surface area contributed by atoms with Crippen LogP contribution < -0.4 is 15.2 Å². The molecule has 0 aliphatic carbocycles. The van der Waals surface area contributed by atoms with E-state index in [2.05, 4.69) is 0 Å². The fraction of sp³-hybridized carbons (Fsp3) is 0.500. The van der Waals surface area contributed by atoms with Gasteiger partial charge in [0.05, 0.1) is 20.1 Å². The summed E-state index contributed by atoms with van der Waals surface area (Å²) >= 11 is 0. The standard InChI is InChI=1S/C12H16F3NO2.ClH/c1-3-18-11-6-8(4-5-10(11)17-2)9(16)7-12(13,14)15;/h4-6,9H,3,7,16H2,1-2H3;1H/t9-;/m0./s1. The molecule has 0 saturated carbocycles. The normalized spacial score (nSPS) is 12.5. The van der Waals surface area contributed by atoms with Gasteiger partial charge in [0.1, 0.15) is 0 Å². The van der Waals surface area contributed by atoms with Crippen LogP contribution in [0.5, 0.6) is 11.5 Å². The van der Waals surface area contributed by atoms with Crippen LogP contribution in [-0.4, -0.2) is 19.9 Å². The van der Waals surface area contributed by atoms with Gasteiger partial charge in [-0.1, -0.05) is 6.07 Å². The molecule has 2 N–H and O–H groups in total. The van der Waals surface area contributed by atoms with Crippen molar-refractivity contribution in [1.82, 2.24) is 0 Å². The molecule has 0 bridgehead atoms. The van der Waals surface area contributed by atoms with Crippen molar-refractivity contribution in [3.05, 3.63) is 23.8 Å². The first-order chi connectivity index (χ1) is 8.37. The van der Waals surface area contributed by atoms with Gasteiger partial charge in [0.2, 0.25) is 0 Å². The van der Waals surface area contributed by atoms with Gasteiger partial charge in [-0.15, -0.1) is 12.4 Å². The molecule has 7 heteroatoms. The van der Waals surface area contributed by atoms with Crippen molar-refractivity contribution in [3.63, 3.8) is 0 Å². The monoisotopic (exact) mass is 299 g/mol. The maximum atomic E-state index is 12.2. The summed E-state index contributed by atoms with van der Waals surface area (Å²) in [6.07, 6.45) is -5.35. The second-order valence-corrected chi connectivity index (χ2v) is 3.77. The number of ether oxygens (including phenoxy) is 2. The van der Waals surface area contributed by atoms with Crippen LogP contribution in [0.3, 0.4) is 0 Å². The minimum absolute atomic E-state index is 0. The van der Waals surface area contributed by atoms with E-state index < -0.39 is 18.6 Å². The largest absolute Gasteiger partial charge is 0.493 e. The fourth-order valence-corrected chi connectivity index (χ4v) is 1.56. The molecule has 1 atom stereocenters. The van der Waals surface area contributed by atoms with Crippen LogP contribution in [0.1, 0.15) is 24.9 Å². The molecule has 0 aliphatic rings. The van der Waals surface area contributed by atoms with Crippen molar-refractivity contribution in [3.8, 4) is 11.5 Å². The first-order valence-corrected chi connectivity index (χ1v) is 5.50. The molecule has 0 unspecified atom stereocenters. The van der Waals surface area contributed by atoms with Crippen molar-refractivity contribution >= 4 is 12.4 Å². The third-order valence-electron chi connectivity index (χ3n) is 2.37. The van der Waals surface area contributed by atoms with Crippen LogP contribution in [0.4, 0.5) is 13.2 Å². The molecule has 0 saturated heterocycles. The molecule has 0 aromatic heterocycles. The summed E-state index contributed by atoms with van der Waals surface area (Å²) in [5.74, 6) is 0.870. The molecular weight excluding hydrogens is 283 g/mol. The Morgan fingerprint density at radius 2 is 1.89 bits per heavy atom. The highest BCUT2D eigenvalue weighted by molar-refractivity contribution is 5.85. The number of rotatable bonds is 5. The van der Waals surface area contributed by atoms with E-state index in [1.807, 2.05) is 0 Å². The van der Waals surface area contributed by atoms with Gasteiger partial charge < -0.3 is 15.2 Å². The van der Waals surface area contributed by atoms with E-state index >= 15 is 0 Å². The van der Waals surface area contributed by atoms with Gasteiger partial charge in [0, 0.05) is 6.04 Å². The molecule has 1 aromatic carbocycles. The average Bonchev–Trinajstić information content (AvgIpc) is 2.27. The second-order valence-electron chi connectivity index (χ2n) is 3.77. The van der Waals surface area contributed by atoms with Crippen molar-refractivity contribution < 1.29 is 22.6 Å². The average molecular weight is 300 g/mol. The number of methoxy groups -OCH3 is 1. The zero-order valence-corrected chi connectivity index (χ0v) is 11.5. The zero-order valence-electron chi connectivity index (χ0n) is 10.7. The molecular formula is C12H17ClF3NO2. The van der Waals surface area contributed by atoms with Crippen molar-refractivity contribution in [2.24, 2.45) is 5.73 Å². The number of hydrogen-bond acceptors (Lipinski definition) is 3. The summed E-state index contributed by atoms with van der Waals surface area (Å²) in [5, 5.41) is 0. The molecule has 1 rings (SSSR count). The number of hydrogen-bond donors (Lipinski definition) is 1. The lowest BCUT2D eigenvalue weighted by Crippen LogP contribution is -2.20. The fourth-order valence-electron chi connectivity index (χ4n) is 1.56. The van der Waals surface area contributed by atoms with E-state index in [4.69, 9.17) is 15.2 Å². The number of nitrogens with two attached hydrogens (primary N) is 1. The molecule has 0 aliphatic heterocycles. The second kappa shape index (κ2) is 7.45. The Hall–Kier alpha value is -1.14. The van der Waals surface area contributed by atoms with E-state index in [0.29, 0.717) is 23.7 Å². The Labute approximate surface area is 116 Å². The van der Waals surface area contributed by atoms with Crippen molar-refractivity contribution in [1.29, 1.82) is 0 Å². The smallest absolute Gasteiger partial charge is 0.390 e. The quantitative estimate of drug-likeness (QED) is 0.905. The Kier molecular flexibility index (Phi) is 7.00. The highest BCUT2D eigenvalue weighted by Crippen LogP contribution is 2.33. The summed E-state index contributed by atoms with van der Waals surface area (Å²) in [6, 6.07) is 3.45. The Bertz CT molecular complexity index is 399. The van der Waals surface area contributed by atoms with Crippen LogP contribution >= 0.6 is 12.4 Å². The van der Waals surface area contributed by atoms with Crippen LogP contribution in [0.15, 0.2) is 18.2 Å². The summed E-state index contributed by atoms with van der Waals surface area (Å²) in [5.41, 5.74) is 5.89. The lowest BCUT2D eigenvalue weighted by molar-refractivity contribution is -0.138. The topological polar surface area (TPSA) is 44.5 Å². The van der Waals surface area contributed by atoms with E-state index in [0.717, 1.165) is 0 Å². The molecule has 19 heavy (non-hydrogen) atoms. The Morgan fingerprint density at radius 3 is 2.37 bits per heavy atom. The molecule has 0 radical (unpaired) electrons. The van der Waals surface area contributed by atoms with Gasteiger partial charge in [0.15, 0.2) is 11.5 Å². The predicted octanol–water partition coefficient (Wildman–Crippen LogP) is 3.47. The van der Waals surface area contributed by atoms with E-state index in [9.17, 15) is 13.2 Å². The van der Waals surface area contributed by atoms with Crippen molar-refractivity contribution in [2.75, 3.05) is 13.7 Å². The summed E-state index contributed by atoms with van der Waals surface area (Å²) < 4.78 is 47.1. The van der Waals surface area contributed by atoms with Gasteiger partial charge in [-0.05, 0) is 24.6 Å². The molecule has 3 nitrogen and oxygen atoms in total. The van der Waals surface area contributed by atoms with Crippen LogP contribution in [-0.2, 0) is 0 Å². The number of benzene rings is 1. The van der Waals surface area contributed by atoms with Crippen LogP contribution in [0.2, 0.25) is 0 Å².